The van der Waals surface area contributed by atoms with E-state index < -0.39 is 6.67 Å². The summed E-state index contributed by atoms with van der Waals surface area (Å²) in [6.45, 7) is 1.72. The fraction of sp³-hybridized carbons (Fsp3) is 1.00. The van der Waals surface area contributed by atoms with E-state index in [4.69, 9.17) is 9.47 Å². The highest BCUT2D eigenvalue weighted by atomic mass is 19.1. The fourth-order valence-electron chi connectivity index (χ4n) is 0.673. The van der Waals surface area contributed by atoms with Gasteiger partial charge in [0.05, 0.1) is 6.61 Å². The molecule has 1 fully saturated rings. The van der Waals surface area contributed by atoms with Gasteiger partial charge in [-0.2, -0.15) is 0 Å². The Hall–Kier alpha value is -0.150. The molecule has 0 aromatic rings. The van der Waals surface area contributed by atoms with Gasteiger partial charge in [-0.3, -0.25) is 0 Å². The highest BCUT2D eigenvalue weighted by molar-refractivity contribution is 4.60. The third-order valence-electron chi connectivity index (χ3n) is 1.07. The Morgan fingerprint density at radius 3 is 2.75 bits per heavy atom. The Labute approximate surface area is 47.6 Å². The first-order valence-electron chi connectivity index (χ1n) is 2.66. The van der Waals surface area contributed by atoms with Crippen molar-refractivity contribution in [3.05, 3.63) is 0 Å². The van der Waals surface area contributed by atoms with Crippen LogP contribution in [0.5, 0.6) is 0 Å². The highest BCUT2D eigenvalue weighted by Crippen LogP contribution is 2.09. The number of hydrogen-bond acceptors (Lipinski definition) is 2. The third kappa shape index (κ3) is 1.17. The van der Waals surface area contributed by atoms with Gasteiger partial charge in [0.2, 0.25) is 0 Å². The molecule has 2 atom stereocenters. The molecule has 0 spiro atoms. The predicted molar refractivity (Wildman–Crippen MR) is 26.3 cm³/mol. The maximum Gasteiger partial charge on any atom is 0.155 e. The van der Waals surface area contributed by atoms with Crippen LogP contribution in [-0.2, 0) is 9.47 Å². The van der Waals surface area contributed by atoms with Gasteiger partial charge >= 0.3 is 0 Å². The Bertz CT molecular complexity index is 76.8. The van der Waals surface area contributed by atoms with Crippen LogP contribution in [0.2, 0.25) is 0 Å². The Balaban J connectivity index is 2.22. The van der Waals surface area contributed by atoms with E-state index in [1.807, 2.05) is 0 Å². The number of halogens is 1. The molecule has 3 heteroatoms. The molecule has 1 saturated heterocycles. The average molecular weight is 120 g/mol. The van der Waals surface area contributed by atoms with Gasteiger partial charge in [-0.15, -0.1) is 0 Å². The molecule has 1 heterocycles. The Morgan fingerprint density at radius 1 is 1.75 bits per heavy atom. The largest absolute Gasteiger partial charge is 0.350 e. The van der Waals surface area contributed by atoms with Crippen molar-refractivity contribution in [3.8, 4) is 0 Å². The smallest absolute Gasteiger partial charge is 0.155 e. The van der Waals surface area contributed by atoms with Crippen molar-refractivity contribution in [2.45, 2.75) is 19.3 Å². The summed E-state index contributed by atoms with van der Waals surface area (Å²) in [5.74, 6) is 0. The van der Waals surface area contributed by atoms with Crippen molar-refractivity contribution in [1.82, 2.24) is 0 Å². The monoisotopic (exact) mass is 120 g/mol. The SMILES string of the molecule is C[C@H]1OC[C@@H](CF)O1. The van der Waals surface area contributed by atoms with Crippen LogP contribution in [0.3, 0.4) is 0 Å². The standard InChI is InChI=1S/C5H9FO2/c1-4-7-3-5(2-6)8-4/h4-5H,2-3H2,1H3/t4-,5+/m0/s1. The van der Waals surface area contributed by atoms with Crippen LogP contribution < -0.4 is 0 Å². The molecule has 1 aliphatic rings. The van der Waals surface area contributed by atoms with Crippen LogP contribution in [-0.4, -0.2) is 25.7 Å². The zero-order valence-electron chi connectivity index (χ0n) is 4.76. The average Bonchev–Trinajstić information content (AvgIpc) is 2.14. The molecule has 48 valence electrons. The van der Waals surface area contributed by atoms with Gasteiger partial charge in [0.15, 0.2) is 6.29 Å². The zero-order chi connectivity index (χ0) is 5.98. The summed E-state index contributed by atoms with van der Waals surface area (Å²) in [7, 11) is 0. The lowest BCUT2D eigenvalue weighted by Gasteiger charge is -2.00. The van der Waals surface area contributed by atoms with Crippen LogP contribution in [0.25, 0.3) is 0 Å². The molecule has 0 unspecified atom stereocenters. The van der Waals surface area contributed by atoms with Crippen LogP contribution in [0, 0.1) is 0 Å². The second-order valence-corrected chi connectivity index (χ2v) is 1.81. The van der Waals surface area contributed by atoms with E-state index in [2.05, 4.69) is 0 Å². The van der Waals surface area contributed by atoms with Crippen molar-refractivity contribution in [1.29, 1.82) is 0 Å². The first-order valence-corrected chi connectivity index (χ1v) is 2.66. The summed E-state index contributed by atoms with van der Waals surface area (Å²) < 4.78 is 21.5. The molecular weight excluding hydrogens is 111 g/mol. The summed E-state index contributed by atoms with van der Waals surface area (Å²) in [6, 6.07) is 0. The summed E-state index contributed by atoms with van der Waals surface area (Å²) in [5.41, 5.74) is 0. The lowest BCUT2D eigenvalue weighted by atomic mass is 10.4. The van der Waals surface area contributed by atoms with Gasteiger partial charge < -0.3 is 9.47 Å². The molecule has 0 aliphatic carbocycles. The Morgan fingerprint density at radius 2 is 2.50 bits per heavy atom. The summed E-state index contributed by atoms with van der Waals surface area (Å²) in [6.07, 6.45) is -0.527. The zero-order valence-corrected chi connectivity index (χ0v) is 4.76. The van der Waals surface area contributed by atoms with Crippen molar-refractivity contribution in [3.63, 3.8) is 0 Å². The molecule has 2 nitrogen and oxygen atoms in total. The van der Waals surface area contributed by atoms with E-state index in [-0.39, 0.29) is 12.4 Å². The molecule has 0 aromatic heterocycles. The van der Waals surface area contributed by atoms with E-state index in [0.29, 0.717) is 6.61 Å². The number of ether oxygens (including phenoxy) is 2. The second-order valence-electron chi connectivity index (χ2n) is 1.81. The maximum atomic E-state index is 11.7. The molecular formula is C5H9FO2. The number of alkyl halides is 1. The first kappa shape index (κ1) is 5.98. The Kier molecular flexibility index (Phi) is 1.81. The first-order chi connectivity index (χ1) is 3.83. The normalized spacial score (nSPS) is 38.2. The van der Waals surface area contributed by atoms with Gasteiger partial charge in [-0.05, 0) is 6.92 Å². The van der Waals surface area contributed by atoms with Gasteiger partial charge in [0.1, 0.15) is 12.8 Å². The lowest BCUT2D eigenvalue weighted by molar-refractivity contribution is -0.0453. The second kappa shape index (κ2) is 2.42. The molecule has 0 bridgehead atoms. The van der Waals surface area contributed by atoms with Crippen molar-refractivity contribution in [2.24, 2.45) is 0 Å². The number of hydrogen-bond donors (Lipinski definition) is 0. The van der Waals surface area contributed by atoms with Crippen molar-refractivity contribution in [2.75, 3.05) is 13.3 Å². The predicted octanol–water partition coefficient (Wildman–Crippen LogP) is 0.717. The van der Waals surface area contributed by atoms with Crippen molar-refractivity contribution >= 4 is 0 Å². The summed E-state index contributed by atoms with van der Waals surface area (Å²) in [4.78, 5) is 0. The minimum Gasteiger partial charge on any atom is -0.350 e. The summed E-state index contributed by atoms with van der Waals surface area (Å²) in [5, 5.41) is 0. The molecule has 1 aliphatic heterocycles. The van der Waals surface area contributed by atoms with Crippen LogP contribution in [0.4, 0.5) is 4.39 Å². The minimum atomic E-state index is -0.440. The van der Waals surface area contributed by atoms with Crippen LogP contribution >= 0.6 is 0 Å². The van der Waals surface area contributed by atoms with Crippen LogP contribution in [0.15, 0.2) is 0 Å². The topological polar surface area (TPSA) is 18.5 Å². The minimum absolute atomic E-state index is 0.212. The van der Waals surface area contributed by atoms with E-state index in [9.17, 15) is 4.39 Å². The van der Waals surface area contributed by atoms with E-state index in [1.54, 1.807) is 6.92 Å². The van der Waals surface area contributed by atoms with Crippen LogP contribution in [0.1, 0.15) is 6.92 Å². The van der Waals surface area contributed by atoms with Gasteiger partial charge in [-0.1, -0.05) is 0 Å². The summed E-state index contributed by atoms with van der Waals surface area (Å²) >= 11 is 0. The quantitative estimate of drug-likeness (QED) is 0.507. The molecule has 0 aromatic carbocycles. The molecule has 0 saturated carbocycles. The van der Waals surface area contributed by atoms with E-state index >= 15 is 0 Å². The van der Waals surface area contributed by atoms with E-state index in [1.165, 1.54) is 0 Å². The lowest BCUT2D eigenvalue weighted by Crippen LogP contribution is -2.12. The van der Waals surface area contributed by atoms with E-state index in [0.717, 1.165) is 0 Å². The molecule has 0 N–H and O–H groups in total. The van der Waals surface area contributed by atoms with Gasteiger partial charge in [0, 0.05) is 0 Å². The number of rotatable bonds is 1. The molecule has 1 rings (SSSR count). The van der Waals surface area contributed by atoms with Crippen molar-refractivity contribution < 1.29 is 13.9 Å². The maximum absolute atomic E-state index is 11.7. The molecule has 0 amide bonds. The highest BCUT2D eigenvalue weighted by Gasteiger charge is 2.21. The molecule has 8 heavy (non-hydrogen) atoms. The fourth-order valence-corrected chi connectivity index (χ4v) is 0.673. The third-order valence-corrected chi connectivity index (χ3v) is 1.07. The van der Waals surface area contributed by atoms with Gasteiger partial charge in [-0.25, -0.2) is 4.39 Å². The van der Waals surface area contributed by atoms with Gasteiger partial charge in [0.25, 0.3) is 0 Å². The molecule has 0 radical (unpaired) electrons.